The molecule has 3 rings (SSSR count). The van der Waals surface area contributed by atoms with Crippen LogP contribution in [-0.4, -0.2) is 37.8 Å². The van der Waals surface area contributed by atoms with Gasteiger partial charge in [-0.3, -0.25) is 10.1 Å². The average Bonchev–Trinajstić information content (AvgIpc) is 2.96. The molecule has 2 aromatic rings. The fourth-order valence-electron chi connectivity index (χ4n) is 2.75. The fourth-order valence-corrected chi connectivity index (χ4v) is 2.75. The van der Waals surface area contributed by atoms with Crippen molar-refractivity contribution in [2.75, 3.05) is 6.54 Å². The minimum atomic E-state index is -0.527. The van der Waals surface area contributed by atoms with Crippen molar-refractivity contribution in [3.05, 3.63) is 51.8 Å². The Labute approximate surface area is 145 Å². The van der Waals surface area contributed by atoms with Crippen LogP contribution in [0.4, 0.5) is 10.5 Å². The number of carbonyl (C=O) groups is 1. The summed E-state index contributed by atoms with van der Waals surface area (Å²) in [5.41, 5.74) is 2.24. The van der Waals surface area contributed by atoms with Gasteiger partial charge in [0.2, 0.25) is 0 Å². The minimum absolute atomic E-state index is 0.0425. The lowest BCUT2D eigenvalue weighted by molar-refractivity contribution is -0.384. The van der Waals surface area contributed by atoms with Crippen molar-refractivity contribution in [3.63, 3.8) is 0 Å². The van der Waals surface area contributed by atoms with Crippen LogP contribution in [0.1, 0.15) is 32.0 Å². The zero-order chi connectivity index (χ0) is 18.2. The van der Waals surface area contributed by atoms with Gasteiger partial charge >= 0.3 is 6.09 Å². The van der Waals surface area contributed by atoms with E-state index in [2.05, 4.69) is 5.10 Å². The number of hydrogen-bond acceptors (Lipinski definition) is 5. The molecule has 0 N–H and O–H groups in total. The molecule has 132 valence electrons. The van der Waals surface area contributed by atoms with Crippen LogP contribution in [0.3, 0.4) is 0 Å². The van der Waals surface area contributed by atoms with Crippen molar-refractivity contribution in [1.82, 2.24) is 14.7 Å². The lowest BCUT2D eigenvalue weighted by Gasteiger charge is -2.30. The van der Waals surface area contributed by atoms with Gasteiger partial charge in [0, 0.05) is 30.7 Å². The number of aromatic nitrogens is 2. The third-order valence-corrected chi connectivity index (χ3v) is 3.89. The Bertz CT molecular complexity index is 805. The number of ether oxygens (including phenoxy) is 1. The van der Waals surface area contributed by atoms with Gasteiger partial charge in [-0.15, -0.1) is 0 Å². The summed E-state index contributed by atoms with van der Waals surface area (Å²) in [5.74, 6) is 0. The van der Waals surface area contributed by atoms with Crippen molar-refractivity contribution >= 4 is 11.8 Å². The summed E-state index contributed by atoms with van der Waals surface area (Å²) >= 11 is 0. The Morgan fingerprint density at radius 3 is 2.56 bits per heavy atom. The second kappa shape index (κ2) is 6.19. The minimum Gasteiger partial charge on any atom is -0.444 e. The van der Waals surface area contributed by atoms with E-state index in [1.54, 1.807) is 27.9 Å². The van der Waals surface area contributed by atoms with Gasteiger partial charge in [0.15, 0.2) is 0 Å². The van der Waals surface area contributed by atoms with E-state index in [4.69, 9.17) is 4.74 Å². The molecule has 8 heteroatoms. The molecule has 0 bridgehead atoms. The third kappa shape index (κ3) is 3.62. The molecule has 0 radical (unpaired) electrons. The van der Waals surface area contributed by atoms with Crippen LogP contribution in [0.5, 0.6) is 0 Å². The standard InChI is InChI=1S/C17H20N4O4/c1-17(2,3)25-16(22)19-9-8-15-12(11-19)10-18-20(15)13-4-6-14(7-5-13)21(23)24/h4-7,10H,8-9,11H2,1-3H3. The first kappa shape index (κ1) is 16.9. The third-order valence-electron chi connectivity index (χ3n) is 3.89. The number of benzene rings is 1. The molecule has 25 heavy (non-hydrogen) atoms. The number of hydrogen-bond donors (Lipinski definition) is 0. The Morgan fingerprint density at radius 1 is 1.28 bits per heavy atom. The summed E-state index contributed by atoms with van der Waals surface area (Å²) < 4.78 is 7.18. The first-order valence-electron chi connectivity index (χ1n) is 8.03. The zero-order valence-electron chi connectivity index (χ0n) is 14.4. The highest BCUT2D eigenvalue weighted by Gasteiger charge is 2.28. The molecule has 0 spiro atoms. The van der Waals surface area contributed by atoms with E-state index >= 15 is 0 Å². The maximum atomic E-state index is 12.2. The van der Waals surface area contributed by atoms with E-state index in [9.17, 15) is 14.9 Å². The van der Waals surface area contributed by atoms with Gasteiger partial charge in [-0.1, -0.05) is 0 Å². The van der Waals surface area contributed by atoms with Crippen molar-refractivity contribution in [2.24, 2.45) is 0 Å². The van der Waals surface area contributed by atoms with E-state index in [-0.39, 0.29) is 11.8 Å². The topological polar surface area (TPSA) is 90.5 Å². The number of rotatable bonds is 2. The van der Waals surface area contributed by atoms with E-state index in [0.717, 1.165) is 16.9 Å². The Morgan fingerprint density at radius 2 is 1.96 bits per heavy atom. The second-order valence-corrected chi connectivity index (χ2v) is 6.95. The van der Waals surface area contributed by atoms with Crippen LogP contribution in [0.15, 0.2) is 30.5 Å². The van der Waals surface area contributed by atoms with Crippen molar-refractivity contribution in [3.8, 4) is 5.69 Å². The van der Waals surface area contributed by atoms with Gasteiger partial charge in [0.1, 0.15) is 5.60 Å². The summed E-state index contributed by atoms with van der Waals surface area (Å²) in [6, 6.07) is 6.26. The summed E-state index contributed by atoms with van der Waals surface area (Å²) in [5, 5.41) is 15.1. The first-order chi connectivity index (χ1) is 11.7. The van der Waals surface area contributed by atoms with Crippen molar-refractivity contribution in [2.45, 2.75) is 39.3 Å². The van der Waals surface area contributed by atoms with Crippen molar-refractivity contribution in [1.29, 1.82) is 0 Å². The number of nitrogens with zero attached hydrogens (tertiary/aromatic N) is 4. The quantitative estimate of drug-likeness (QED) is 0.617. The zero-order valence-corrected chi connectivity index (χ0v) is 14.4. The predicted octanol–water partition coefficient (Wildman–Crippen LogP) is 3.07. The smallest absolute Gasteiger partial charge is 0.410 e. The Kier molecular flexibility index (Phi) is 4.20. The second-order valence-electron chi connectivity index (χ2n) is 6.95. The van der Waals surface area contributed by atoms with E-state index in [1.165, 1.54) is 12.1 Å². The number of nitro benzene ring substituents is 1. The summed E-state index contributed by atoms with van der Waals surface area (Å²) in [6.45, 7) is 6.50. The van der Waals surface area contributed by atoms with Crippen LogP contribution < -0.4 is 0 Å². The highest BCUT2D eigenvalue weighted by atomic mass is 16.6. The molecular formula is C17H20N4O4. The molecule has 1 amide bonds. The molecule has 1 aliphatic rings. The molecule has 0 fully saturated rings. The summed E-state index contributed by atoms with van der Waals surface area (Å²) in [7, 11) is 0. The SMILES string of the molecule is CC(C)(C)OC(=O)N1CCc2c(cnn2-c2ccc([N+](=O)[O-])cc2)C1. The molecule has 0 saturated carbocycles. The van der Waals surface area contributed by atoms with E-state index in [0.29, 0.717) is 19.5 Å². The lowest BCUT2D eigenvalue weighted by atomic mass is 10.1. The molecule has 1 aromatic heterocycles. The number of nitro groups is 1. The molecular weight excluding hydrogens is 324 g/mol. The molecule has 0 atom stereocenters. The Hall–Kier alpha value is -2.90. The fraction of sp³-hybridized carbons (Fsp3) is 0.412. The van der Waals surface area contributed by atoms with Crippen molar-refractivity contribution < 1.29 is 14.5 Å². The maximum Gasteiger partial charge on any atom is 0.410 e. The molecule has 0 unspecified atom stereocenters. The van der Waals surface area contributed by atoms with Gasteiger partial charge in [-0.25, -0.2) is 9.48 Å². The number of carbonyl (C=O) groups excluding carboxylic acids is 1. The van der Waals surface area contributed by atoms with E-state index in [1.807, 2.05) is 20.8 Å². The summed E-state index contributed by atoms with van der Waals surface area (Å²) in [6.07, 6.45) is 2.04. The highest BCUT2D eigenvalue weighted by Crippen LogP contribution is 2.24. The van der Waals surface area contributed by atoms with Crippen LogP contribution in [0, 0.1) is 10.1 Å². The van der Waals surface area contributed by atoms with Crippen LogP contribution in [0.2, 0.25) is 0 Å². The van der Waals surface area contributed by atoms with E-state index < -0.39 is 10.5 Å². The van der Waals surface area contributed by atoms with Gasteiger partial charge in [0.25, 0.3) is 5.69 Å². The van der Waals surface area contributed by atoms with Crippen LogP contribution in [0.25, 0.3) is 5.69 Å². The van der Waals surface area contributed by atoms with Crippen LogP contribution >= 0.6 is 0 Å². The van der Waals surface area contributed by atoms with Gasteiger partial charge in [-0.2, -0.15) is 5.10 Å². The van der Waals surface area contributed by atoms with Gasteiger partial charge in [0.05, 0.1) is 29.0 Å². The molecule has 1 aromatic carbocycles. The molecule has 2 heterocycles. The summed E-state index contributed by atoms with van der Waals surface area (Å²) in [4.78, 5) is 24.2. The first-order valence-corrected chi connectivity index (χ1v) is 8.03. The molecule has 0 saturated heterocycles. The van der Waals surface area contributed by atoms with Crippen LogP contribution in [-0.2, 0) is 17.7 Å². The number of non-ortho nitro benzene ring substituents is 1. The van der Waals surface area contributed by atoms with Gasteiger partial charge in [-0.05, 0) is 32.9 Å². The largest absolute Gasteiger partial charge is 0.444 e. The average molecular weight is 344 g/mol. The molecule has 1 aliphatic heterocycles. The predicted molar refractivity (Wildman–Crippen MR) is 90.6 cm³/mol. The Balaban J connectivity index is 1.78. The lowest BCUT2D eigenvalue weighted by Crippen LogP contribution is -2.40. The normalized spacial score (nSPS) is 14.1. The highest BCUT2D eigenvalue weighted by molar-refractivity contribution is 5.68. The maximum absolute atomic E-state index is 12.2. The monoisotopic (exact) mass is 344 g/mol. The number of amides is 1. The van der Waals surface area contributed by atoms with Gasteiger partial charge < -0.3 is 9.64 Å². The number of fused-ring (bicyclic) bond motifs is 1. The molecule has 0 aliphatic carbocycles. The molecule has 8 nitrogen and oxygen atoms in total.